The fourth-order valence-corrected chi connectivity index (χ4v) is 3.08. The van der Waals surface area contributed by atoms with E-state index in [1.165, 1.54) is 0 Å². The summed E-state index contributed by atoms with van der Waals surface area (Å²) in [5.74, 6) is -1.29. The third-order valence-corrected chi connectivity index (χ3v) is 4.92. The van der Waals surface area contributed by atoms with Crippen molar-refractivity contribution in [2.24, 2.45) is 0 Å². The largest absolute Gasteiger partial charge is 0.475 e. The minimum Gasteiger partial charge on any atom is -0.464 e. The van der Waals surface area contributed by atoms with Crippen LogP contribution in [0.3, 0.4) is 0 Å². The first-order chi connectivity index (χ1) is 12.4. The summed E-state index contributed by atoms with van der Waals surface area (Å²) < 4.78 is 4.38. The Bertz CT molecular complexity index is 895. The molecule has 0 saturated heterocycles. The van der Waals surface area contributed by atoms with Crippen LogP contribution in [0, 0.1) is 0 Å². The van der Waals surface area contributed by atoms with Crippen LogP contribution < -0.4 is 5.32 Å². The molecule has 0 saturated carbocycles. The number of benzene rings is 2. The van der Waals surface area contributed by atoms with E-state index in [9.17, 15) is 14.8 Å². The predicted octanol–water partition coefficient (Wildman–Crippen LogP) is 2.32. The Morgan fingerprint density at radius 1 is 1.19 bits per heavy atom. The molecule has 0 bridgehead atoms. The fourth-order valence-electron chi connectivity index (χ4n) is 2.86. The van der Waals surface area contributed by atoms with E-state index < -0.39 is 23.7 Å². The van der Waals surface area contributed by atoms with E-state index in [1.54, 1.807) is 25.3 Å². The van der Waals surface area contributed by atoms with Gasteiger partial charge in [0.1, 0.15) is 10.3 Å². The van der Waals surface area contributed by atoms with E-state index in [2.05, 4.69) is 17.9 Å². The van der Waals surface area contributed by atoms with Crippen LogP contribution in [-0.4, -0.2) is 29.0 Å². The van der Waals surface area contributed by atoms with E-state index in [-0.39, 0.29) is 6.42 Å². The van der Waals surface area contributed by atoms with E-state index in [4.69, 9.17) is 4.42 Å². The van der Waals surface area contributed by atoms with Gasteiger partial charge in [-0.3, -0.25) is 4.79 Å². The van der Waals surface area contributed by atoms with Gasteiger partial charge in [-0.05, 0) is 30.5 Å². The van der Waals surface area contributed by atoms with E-state index in [1.807, 2.05) is 42.5 Å². The van der Waals surface area contributed by atoms with Crippen LogP contribution in [0.5, 0.6) is 0 Å². The van der Waals surface area contributed by atoms with E-state index >= 15 is 0 Å². The molecule has 5 nitrogen and oxygen atoms in total. The third kappa shape index (κ3) is 3.80. The highest BCUT2D eigenvalue weighted by atomic mass is 32.1. The highest BCUT2D eigenvalue weighted by Gasteiger charge is 2.35. The monoisotopic (exact) mass is 369 g/mol. The molecule has 0 aliphatic carbocycles. The molecule has 26 heavy (non-hydrogen) atoms. The molecule has 134 valence electrons. The van der Waals surface area contributed by atoms with Gasteiger partial charge in [-0.2, -0.15) is 12.6 Å². The average Bonchev–Trinajstić information content (AvgIpc) is 3.04. The Labute approximate surface area is 157 Å². The molecule has 7 heteroatoms. The molecule has 0 fully saturated rings. The maximum absolute atomic E-state index is 12.7. The summed E-state index contributed by atoms with van der Waals surface area (Å²) in [6.07, 6.45) is 1.79. The second-order valence-electron chi connectivity index (χ2n) is 6.39. The number of carbonyl (C=O) groups is 1. The van der Waals surface area contributed by atoms with Gasteiger partial charge in [-0.25, -0.2) is 0 Å². The molecule has 0 aliphatic rings. The molecular formula is C19H20BNO4S. The zero-order valence-corrected chi connectivity index (χ0v) is 15.2. The Morgan fingerprint density at radius 2 is 1.85 bits per heavy atom. The van der Waals surface area contributed by atoms with Crippen molar-refractivity contribution in [2.45, 2.75) is 24.0 Å². The van der Waals surface area contributed by atoms with Crippen molar-refractivity contribution in [3.8, 4) is 0 Å². The Balaban J connectivity index is 1.79. The topological polar surface area (TPSA) is 82.7 Å². The van der Waals surface area contributed by atoms with Crippen molar-refractivity contribution >= 4 is 36.6 Å². The number of rotatable bonds is 6. The summed E-state index contributed by atoms with van der Waals surface area (Å²) >= 11 is 4.49. The second kappa shape index (κ2) is 7.57. The average molecular weight is 369 g/mol. The Hall–Kier alpha value is -2.22. The van der Waals surface area contributed by atoms with Gasteiger partial charge in [0.25, 0.3) is 0 Å². The number of fused-ring (bicyclic) bond motifs is 1. The van der Waals surface area contributed by atoms with Crippen molar-refractivity contribution in [3.63, 3.8) is 0 Å². The third-order valence-electron chi connectivity index (χ3n) is 4.46. The molecule has 3 aromatic rings. The van der Waals surface area contributed by atoms with Crippen LogP contribution in [0.25, 0.3) is 11.0 Å². The number of para-hydroxylation sites is 1. The number of furan rings is 1. The lowest BCUT2D eigenvalue weighted by Crippen LogP contribution is -2.52. The lowest BCUT2D eigenvalue weighted by atomic mass is 9.75. The zero-order valence-electron chi connectivity index (χ0n) is 14.3. The molecule has 1 amide bonds. The number of amides is 1. The minimum atomic E-state index is -1.72. The first-order valence-corrected chi connectivity index (χ1v) is 8.74. The highest BCUT2D eigenvalue weighted by molar-refractivity contribution is 7.82. The molecule has 1 unspecified atom stereocenters. The van der Waals surface area contributed by atoms with Crippen molar-refractivity contribution < 1.29 is 19.3 Å². The van der Waals surface area contributed by atoms with Crippen molar-refractivity contribution in [1.82, 2.24) is 5.32 Å². The van der Waals surface area contributed by atoms with Gasteiger partial charge in [0.15, 0.2) is 0 Å². The van der Waals surface area contributed by atoms with Crippen LogP contribution in [0.1, 0.15) is 18.1 Å². The number of nitrogens with one attached hydrogen (secondary N) is 1. The van der Waals surface area contributed by atoms with E-state index in [0.29, 0.717) is 5.58 Å². The number of hydrogen-bond donors (Lipinski definition) is 4. The summed E-state index contributed by atoms with van der Waals surface area (Å²) in [4.78, 5) is 12.7. The molecule has 3 rings (SSSR count). The quantitative estimate of drug-likeness (QED) is 0.397. The maximum atomic E-state index is 12.7. The summed E-state index contributed by atoms with van der Waals surface area (Å²) in [6, 6.07) is 16.6. The van der Waals surface area contributed by atoms with Gasteiger partial charge < -0.3 is 19.8 Å². The van der Waals surface area contributed by atoms with Crippen LogP contribution in [0.2, 0.25) is 0 Å². The van der Waals surface area contributed by atoms with Crippen LogP contribution in [0.15, 0.2) is 65.3 Å². The number of thiol groups is 1. The summed E-state index contributed by atoms with van der Waals surface area (Å²) in [6.45, 7) is 1.68. The smallest absolute Gasteiger partial charge is 0.464 e. The molecule has 1 aromatic heterocycles. The van der Waals surface area contributed by atoms with Gasteiger partial charge in [0.05, 0.1) is 12.2 Å². The lowest BCUT2D eigenvalue weighted by molar-refractivity contribution is -0.123. The summed E-state index contributed by atoms with van der Waals surface area (Å²) in [5.41, 5.74) is 2.23. The predicted molar refractivity (Wildman–Crippen MR) is 105 cm³/mol. The highest BCUT2D eigenvalue weighted by Crippen LogP contribution is 2.28. The molecule has 0 radical (unpaired) electrons. The summed E-state index contributed by atoms with van der Waals surface area (Å²) in [7, 11) is -1.72. The normalized spacial score (nSPS) is 14.6. The van der Waals surface area contributed by atoms with Crippen LogP contribution in [0.4, 0.5) is 0 Å². The van der Waals surface area contributed by atoms with Gasteiger partial charge in [0.2, 0.25) is 5.91 Å². The van der Waals surface area contributed by atoms with Crippen LogP contribution in [-0.2, 0) is 16.0 Å². The van der Waals surface area contributed by atoms with Gasteiger partial charge in [0, 0.05) is 5.39 Å². The van der Waals surface area contributed by atoms with Gasteiger partial charge in [-0.1, -0.05) is 48.5 Å². The van der Waals surface area contributed by atoms with Gasteiger partial charge in [-0.15, -0.1) is 0 Å². The minimum absolute atomic E-state index is 0.221. The molecular weight excluding hydrogens is 349 g/mol. The SMILES string of the molecule is CC(S)(C(=O)N[C@@H](Cc1coc2ccccc12)B(O)O)c1ccccc1. The zero-order chi connectivity index (χ0) is 18.7. The van der Waals surface area contributed by atoms with Crippen LogP contribution >= 0.6 is 12.6 Å². The van der Waals surface area contributed by atoms with E-state index in [0.717, 1.165) is 16.5 Å². The molecule has 2 atom stereocenters. The molecule has 0 spiro atoms. The fraction of sp³-hybridized carbons (Fsp3) is 0.211. The first kappa shape index (κ1) is 18.6. The maximum Gasteiger partial charge on any atom is 0.475 e. The summed E-state index contributed by atoms with van der Waals surface area (Å²) in [5, 5.41) is 23.1. The molecule has 1 heterocycles. The van der Waals surface area contributed by atoms with Crippen molar-refractivity contribution in [2.75, 3.05) is 0 Å². The number of hydrogen-bond acceptors (Lipinski definition) is 5. The lowest BCUT2D eigenvalue weighted by Gasteiger charge is -2.26. The van der Waals surface area contributed by atoms with Gasteiger partial charge >= 0.3 is 7.12 Å². The van der Waals surface area contributed by atoms with Crippen molar-refractivity contribution in [3.05, 3.63) is 72.0 Å². The first-order valence-electron chi connectivity index (χ1n) is 8.29. The Kier molecular flexibility index (Phi) is 5.41. The number of carbonyl (C=O) groups excluding carboxylic acids is 1. The Morgan fingerprint density at radius 3 is 2.54 bits per heavy atom. The molecule has 3 N–H and O–H groups in total. The van der Waals surface area contributed by atoms with Crippen molar-refractivity contribution in [1.29, 1.82) is 0 Å². The standard InChI is InChI=1S/C19H20BNO4S/c1-19(26,14-7-3-2-4-8-14)18(22)21-17(20(23)24)11-13-12-25-16-10-6-5-9-15(13)16/h2-10,12,17,23-24,26H,11H2,1H3,(H,21,22)/t17-,19?/m0/s1. The molecule has 0 aliphatic heterocycles. The second-order valence-corrected chi connectivity index (χ2v) is 7.29. The molecule has 2 aromatic carbocycles.